The molecule has 7 heteroatoms. The number of carbonyl (C=O) groups excluding carboxylic acids is 2. The van der Waals surface area contributed by atoms with Gasteiger partial charge >= 0.3 is 0 Å². The number of aromatic nitrogens is 2. The van der Waals surface area contributed by atoms with E-state index in [-0.39, 0.29) is 18.4 Å². The zero-order valence-electron chi connectivity index (χ0n) is 19.6. The maximum Gasteiger partial charge on any atom is 0.277 e. The molecule has 2 amide bonds. The van der Waals surface area contributed by atoms with Gasteiger partial charge in [-0.2, -0.15) is 5.10 Å². The van der Waals surface area contributed by atoms with E-state index in [2.05, 4.69) is 5.32 Å². The van der Waals surface area contributed by atoms with Crippen LogP contribution < -0.4 is 15.0 Å². The Labute approximate surface area is 204 Å². The minimum Gasteiger partial charge on any atom is -0.497 e. The molecule has 3 aromatic carbocycles. The summed E-state index contributed by atoms with van der Waals surface area (Å²) in [5, 5.41) is 7.71. The standard InChI is InChI=1S/C28H26N4O3/c1-28(27(34)29-18-20-9-5-3-6-10-20)19-31-25(17-24(30-31)21-11-7-4-8-12-21)26(33)32(28)22-13-15-23(35-2)16-14-22/h3-17H,18-19H2,1-2H3,(H,29,34)/t28-/m0/s1. The zero-order valence-corrected chi connectivity index (χ0v) is 19.6. The highest BCUT2D eigenvalue weighted by Crippen LogP contribution is 2.35. The predicted molar refractivity (Wildman–Crippen MR) is 134 cm³/mol. The van der Waals surface area contributed by atoms with Crippen molar-refractivity contribution in [3.8, 4) is 17.0 Å². The first-order valence-corrected chi connectivity index (χ1v) is 11.4. The fourth-order valence-electron chi connectivity index (χ4n) is 4.44. The Morgan fingerprint density at radius 1 is 1.00 bits per heavy atom. The maximum atomic E-state index is 13.9. The molecule has 0 fully saturated rings. The average Bonchev–Trinajstić information content (AvgIpc) is 3.33. The summed E-state index contributed by atoms with van der Waals surface area (Å²) in [6.07, 6.45) is 0. The summed E-state index contributed by atoms with van der Waals surface area (Å²) in [7, 11) is 1.59. The van der Waals surface area contributed by atoms with Gasteiger partial charge in [0.05, 0.1) is 19.3 Å². The van der Waals surface area contributed by atoms with Gasteiger partial charge in [0.15, 0.2) is 0 Å². The Bertz CT molecular complexity index is 1350. The second-order valence-electron chi connectivity index (χ2n) is 8.72. The number of nitrogens with one attached hydrogen (secondary N) is 1. The van der Waals surface area contributed by atoms with Crippen molar-refractivity contribution in [3.05, 3.63) is 102 Å². The lowest BCUT2D eigenvalue weighted by molar-refractivity contribution is -0.126. The highest BCUT2D eigenvalue weighted by molar-refractivity contribution is 6.12. The summed E-state index contributed by atoms with van der Waals surface area (Å²) in [6, 6.07) is 28.3. The van der Waals surface area contributed by atoms with E-state index in [9.17, 15) is 9.59 Å². The minimum absolute atomic E-state index is 0.216. The van der Waals surface area contributed by atoms with Gasteiger partial charge in [-0.15, -0.1) is 0 Å². The number of hydrogen-bond acceptors (Lipinski definition) is 4. The third-order valence-electron chi connectivity index (χ3n) is 6.34. The largest absolute Gasteiger partial charge is 0.497 e. The van der Waals surface area contributed by atoms with E-state index in [1.807, 2.05) is 60.7 Å². The van der Waals surface area contributed by atoms with E-state index in [1.54, 1.807) is 53.9 Å². The summed E-state index contributed by atoms with van der Waals surface area (Å²) in [4.78, 5) is 29.1. The molecule has 1 aliphatic heterocycles. The van der Waals surface area contributed by atoms with E-state index in [0.29, 0.717) is 29.4 Å². The number of fused-ring (bicyclic) bond motifs is 1. The van der Waals surface area contributed by atoms with Gasteiger partial charge in [0, 0.05) is 17.8 Å². The Kier molecular flexibility index (Phi) is 5.82. The maximum absolute atomic E-state index is 13.9. The molecule has 2 heterocycles. The normalized spacial score (nSPS) is 17.1. The first-order chi connectivity index (χ1) is 17.0. The molecule has 176 valence electrons. The summed E-state index contributed by atoms with van der Waals surface area (Å²) >= 11 is 0. The van der Waals surface area contributed by atoms with Crippen LogP contribution in [0.1, 0.15) is 23.0 Å². The summed E-state index contributed by atoms with van der Waals surface area (Å²) in [6.45, 7) is 2.36. The Balaban J connectivity index is 1.54. The Morgan fingerprint density at radius 3 is 2.31 bits per heavy atom. The molecule has 1 N–H and O–H groups in total. The number of rotatable bonds is 6. The topological polar surface area (TPSA) is 76.5 Å². The third kappa shape index (κ3) is 4.17. The Hall–Kier alpha value is -4.39. The van der Waals surface area contributed by atoms with Crippen molar-refractivity contribution in [1.82, 2.24) is 15.1 Å². The second-order valence-corrected chi connectivity index (χ2v) is 8.72. The fraction of sp³-hybridized carbons (Fsp3) is 0.179. The fourth-order valence-corrected chi connectivity index (χ4v) is 4.44. The van der Waals surface area contributed by atoms with Gasteiger partial charge in [0.25, 0.3) is 5.91 Å². The van der Waals surface area contributed by atoms with E-state index in [1.165, 1.54) is 0 Å². The SMILES string of the molecule is COc1ccc(N2C(=O)c3cc(-c4ccccc4)nn3C[C@@]2(C)C(=O)NCc2ccccc2)cc1. The monoisotopic (exact) mass is 466 g/mol. The molecular weight excluding hydrogens is 440 g/mol. The van der Waals surface area contributed by atoms with Crippen molar-refractivity contribution in [1.29, 1.82) is 0 Å². The first-order valence-electron chi connectivity index (χ1n) is 11.4. The van der Waals surface area contributed by atoms with Gasteiger partial charge in [-0.25, -0.2) is 0 Å². The molecule has 5 rings (SSSR count). The van der Waals surface area contributed by atoms with Crippen molar-refractivity contribution >= 4 is 17.5 Å². The van der Waals surface area contributed by atoms with Crippen molar-refractivity contribution in [2.45, 2.75) is 25.6 Å². The molecule has 0 radical (unpaired) electrons. The van der Waals surface area contributed by atoms with Crippen LogP contribution in [0.15, 0.2) is 91.0 Å². The summed E-state index contributed by atoms with van der Waals surface area (Å²) < 4.78 is 6.93. The molecule has 1 aliphatic rings. The van der Waals surface area contributed by atoms with Crippen LogP contribution in [0.4, 0.5) is 5.69 Å². The quantitative estimate of drug-likeness (QED) is 0.460. The molecule has 0 spiro atoms. The van der Waals surface area contributed by atoms with Gasteiger partial charge in [-0.1, -0.05) is 60.7 Å². The smallest absolute Gasteiger partial charge is 0.277 e. The second kappa shape index (κ2) is 9.10. The van der Waals surface area contributed by atoms with E-state index in [0.717, 1.165) is 11.1 Å². The number of benzene rings is 3. The van der Waals surface area contributed by atoms with Crippen LogP contribution in [0.25, 0.3) is 11.3 Å². The van der Waals surface area contributed by atoms with Crippen LogP contribution in [-0.4, -0.2) is 34.2 Å². The molecule has 1 atom stereocenters. The van der Waals surface area contributed by atoms with Crippen LogP contribution in [0.2, 0.25) is 0 Å². The molecule has 0 bridgehead atoms. The number of ether oxygens (including phenoxy) is 1. The lowest BCUT2D eigenvalue weighted by Crippen LogP contribution is -2.64. The number of carbonyl (C=O) groups is 2. The average molecular weight is 467 g/mol. The van der Waals surface area contributed by atoms with Crippen molar-refractivity contribution in [3.63, 3.8) is 0 Å². The first kappa shape index (κ1) is 22.4. The van der Waals surface area contributed by atoms with Crippen LogP contribution in [0.3, 0.4) is 0 Å². The number of nitrogens with zero attached hydrogens (tertiary/aromatic N) is 3. The molecule has 1 aromatic heterocycles. The predicted octanol–water partition coefficient (Wildman–Crippen LogP) is 4.29. The van der Waals surface area contributed by atoms with Crippen LogP contribution in [-0.2, 0) is 17.9 Å². The van der Waals surface area contributed by atoms with Gasteiger partial charge < -0.3 is 10.1 Å². The molecule has 4 aromatic rings. The van der Waals surface area contributed by atoms with Gasteiger partial charge in [-0.3, -0.25) is 19.2 Å². The number of amides is 2. The van der Waals surface area contributed by atoms with Gasteiger partial charge in [-0.05, 0) is 42.8 Å². The number of hydrogen-bond donors (Lipinski definition) is 1. The lowest BCUT2D eigenvalue weighted by atomic mass is 9.93. The highest BCUT2D eigenvalue weighted by atomic mass is 16.5. The van der Waals surface area contributed by atoms with Crippen LogP contribution >= 0.6 is 0 Å². The van der Waals surface area contributed by atoms with Gasteiger partial charge in [0.2, 0.25) is 5.91 Å². The molecule has 7 nitrogen and oxygen atoms in total. The molecule has 0 aliphatic carbocycles. The third-order valence-corrected chi connectivity index (χ3v) is 6.34. The van der Waals surface area contributed by atoms with Crippen molar-refractivity contribution < 1.29 is 14.3 Å². The highest BCUT2D eigenvalue weighted by Gasteiger charge is 2.48. The molecule has 0 saturated carbocycles. The number of methoxy groups -OCH3 is 1. The van der Waals surface area contributed by atoms with Gasteiger partial charge in [0.1, 0.15) is 17.0 Å². The minimum atomic E-state index is -1.20. The van der Waals surface area contributed by atoms with Crippen LogP contribution in [0, 0.1) is 0 Å². The molecule has 35 heavy (non-hydrogen) atoms. The van der Waals surface area contributed by atoms with E-state index < -0.39 is 5.54 Å². The number of anilines is 1. The Morgan fingerprint density at radius 2 is 1.66 bits per heavy atom. The van der Waals surface area contributed by atoms with E-state index in [4.69, 9.17) is 9.84 Å². The molecule has 0 saturated heterocycles. The summed E-state index contributed by atoms with van der Waals surface area (Å²) in [5.41, 5.74) is 2.43. The van der Waals surface area contributed by atoms with Crippen LogP contribution in [0.5, 0.6) is 5.75 Å². The molecular formula is C28H26N4O3. The summed E-state index contributed by atoms with van der Waals surface area (Å²) in [5.74, 6) is 0.131. The lowest BCUT2D eigenvalue weighted by Gasteiger charge is -2.43. The molecule has 0 unspecified atom stereocenters. The van der Waals surface area contributed by atoms with Crippen molar-refractivity contribution in [2.75, 3.05) is 12.0 Å². The van der Waals surface area contributed by atoms with Crippen molar-refractivity contribution in [2.24, 2.45) is 0 Å². The zero-order chi connectivity index (χ0) is 24.4. The van der Waals surface area contributed by atoms with E-state index >= 15 is 0 Å².